The second-order valence-corrected chi connectivity index (χ2v) is 7.79. The standard InChI is InChI=1S/C19H21F2NO2S/c1-12(23)16-6-7-17(25-16)19(8-2-3-9-19)11-22-18(24)14-5-4-13(20)10-15(14)21/h4-7,10,12,23H,2-3,8-9,11H2,1H3,(H,22,24). The van der Waals surface area contributed by atoms with Crippen LogP contribution in [0.3, 0.4) is 0 Å². The SMILES string of the molecule is CC(O)c1ccc(C2(CNC(=O)c3ccc(F)cc3F)CCCC2)s1. The maximum atomic E-state index is 13.8. The molecule has 0 spiro atoms. The van der Waals surface area contributed by atoms with Crippen molar-refractivity contribution in [2.75, 3.05) is 6.54 Å². The van der Waals surface area contributed by atoms with Crippen molar-refractivity contribution in [3.8, 4) is 0 Å². The Morgan fingerprint density at radius 3 is 2.60 bits per heavy atom. The molecule has 1 heterocycles. The summed E-state index contributed by atoms with van der Waals surface area (Å²) in [4.78, 5) is 14.4. The highest BCUT2D eigenvalue weighted by Gasteiger charge is 2.37. The number of aliphatic hydroxyl groups is 1. The summed E-state index contributed by atoms with van der Waals surface area (Å²) in [5, 5.41) is 12.6. The number of hydrogen-bond donors (Lipinski definition) is 2. The first-order chi connectivity index (χ1) is 11.9. The summed E-state index contributed by atoms with van der Waals surface area (Å²) < 4.78 is 26.8. The molecular formula is C19H21F2NO2S. The van der Waals surface area contributed by atoms with E-state index in [0.29, 0.717) is 12.6 Å². The minimum Gasteiger partial charge on any atom is -0.388 e. The van der Waals surface area contributed by atoms with Gasteiger partial charge in [-0.3, -0.25) is 4.79 Å². The molecule has 1 aliphatic rings. The lowest BCUT2D eigenvalue weighted by Crippen LogP contribution is -2.38. The van der Waals surface area contributed by atoms with Crippen LogP contribution in [0.5, 0.6) is 0 Å². The van der Waals surface area contributed by atoms with Crippen LogP contribution in [-0.4, -0.2) is 17.6 Å². The molecule has 1 aromatic heterocycles. The summed E-state index contributed by atoms with van der Waals surface area (Å²) in [6, 6.07) is 6.90. The predicted octanol–water partition coefficient (Wildman–Crippen LogP) is 4.32. The molecule has 1 unspecified atom stereocenters. The molecule has 3 rings (SSSR count). The zero-order valence-corrected chi connectivity index (χ0v) is 14.8. The normalized spacial score (nSPS) is 17.4. The highest BCUT2D eigenvalue weighted by atomic mass is 32.1. The molecule has 1 atom stereocenters. The van der Waals surface area contributed by atoms with Gasteiger partial charge in [0.2, 0.25) is 0 Å². The number of thiophene rings is 1. The van der Waals surface area contributed by atoms with Gasteiger partial charge in [-0.1, -0.05) is 12.8 Å². The first kappa shape index (κ1) is 18.0. The zero-order chi connectivity index (χ0) is 18.0. The summed E-state index contributed by atoms with van der Waals surface area (Å²) in [5.74, 6) is -2.09. The average molecular weight is 365 g/mol. The first-order valence-electron chi connectivity index (χ1n) is 8.43. The lowest BCUT2D eigenvalue weighted by molar-refractivity contribution is 0.0939. The van der Waals surface area contributed by atoms with Gasteiger partial charge < -0.3 is 10.4 Å². The van der Waals surface area contributed by atoms with Gasteiger partial charge in [0.1, 0.15) is 11.6 Å². The van der Waals surface area contributed by atoms with E-state index in [9.17, 15) is 18.7 Å². The second-order valence-electron chi connectivity index (χ2n) is 6.67. The monoisotopic (exact) mass is 365 g/mol. The molecule has 3 nitrogen and oxygen atoms in total. The fraction of sp³-hybridized carbons (Fsp3) is 0.421. The van der Waals surface area contributed by atoms with Gasteiger partial charge >= 0.3 is 0 Å². The molecule has 6 heteroatoms. The summed E-state index contributed by atoms with van der Waals surface area (Å²) in [6.45, 7) is 2.14. The van der Waals surface area contributed by atoms with Crippen molar-refractivity contribution in [3.05, 3.63) is 57.3 Å². The molecule has 25 heavy (non-hydrogen) atoms. The zero-order valence-electron chi connectivity index (χ0n) is 14.0. The summed E-state index contributed by atoms with van der Waals surface area (Å²) in [5.41, 5.74) is -0.324. The van der Waals surface area contributed by atoms with E-state index in [1.54, 1.807) is 18.3 Å². The molecule has 2 aromatic rings. The van der Waals surface area contributed by atoms with Gasteiger partial charge in [0.25, 0.3) is 5.91 Å². The van der Waals surface area contributed by atoms with Crippen molar-refractivity contribution in [2.45, 2.75) is 44.1 Å². The van der Waals surface area contributed by atoms with Crippen LogP contribution in [0.25, 0.3) is 0 Å². The number of halogens is 2. The van der Waals surface area contributed by atoms with Gasteiger partial charge in [0.15, 0.2) is 0 Å². The Balaban J connectivity index is 1.77. The van der Waals surface area contributed by atoms with Gasteiger partial charge in [0.05, 0.1) is 11.7 Å². The number of nitrogens with one attached hydrogen (secondary N) is 1. The van der Waals surface area contributed by atoms with Crippen LogP contribution in [0.1, 0.15) is 58.8 Å². The third kappa shape index (κ3) is 3.75. The maximum absolute atomic E-state index is 13.8. The van der Waals surface area contributed by atoms with Crippen molar-refractivity contribution in [1.82, 2.24) is 5.32 Å². The summed E-state index contributed by atoms with van der Waals surface area (Å²) in [7, 11) is 0. The molecule has 0 bridgehead atoms. The van der Waals surface area contributed by atoms with Gasteiger partial charge in [-0.2, -0.15) is 0 Å². The summed E-state index contributed by atoms with van der Waals surface area (Å²) >= 11 is 1.56. The highest BCUT2D eigenvalue weighted by molar-refractivity contribution is 7.12. The van der Waals surface area contributed by atoms with Crippen LogP contribution < -0.4 is 5.32 Å². The molecule has 1 amide bonds. The highest BCUT2D eigenvalue weighted by Crippen LogP contribution is 2.44. The lowest BCUT2D eigenvalue weighted by Gasteiger charge is -2.28. The number of benzene rings is 1. The fourth-order valence-corrected chi connectivity index (χ4v) is 4.63. The van der Waals surface area contributed by atoms with Crippen LogP contribution >= 0.6 is 11.3 Å². The van der Waals surface area contributed by atoms with E-state index in [2.05, 4.69) is 5.32 Å². The molecular weight excluding hydrogens is 344 g/mol. The number of aliphatic hydroxyl groups excluding tert-OH is 1. The minimum absolute atomic E-state index is 0.148. The Labute approximate surface area is 149 Å². The van der Waals surface area contributed by atoms with Crippen molar-refractivity contribution < 1.29 is 18.7 Å². The van der Waals surface area contributed by atoms with E-state index in [-0.39, 0.29) is 11.0 Å². The van der Waals surface area contributed by atoms with Gasteiger partial charge in [-0.15, -0.1) is 11.3 Å². The molecule has 0 aliphatic heterocycles. The molecule has 134 valence electrons. The number of rotatable bonds is 5. The van der Waals surface area contributed by atoms with E-state index in [1.807, 2.05) is 12.1 Å². The summed E-state index contributed by atoms with van der Waals surface area (Å²) in [6.07, 6.45) is 3.52. The molecule has 2 N–H and O–H groups in total. The second kappa shape index (κ2) is 7.22. The molecule has 1 fully saturated rings. The van der Waals surface area contributed by atoms with Crippen LogP contribution in [-0.2, 0) is 5.41 Å². The number of carbonyl (C=O) groups is 1. The van der Waals surface area contributed by atoms with Crippen LogP contribution in [0, 0.1) is 11.6 Å². The smallest absolute Gasteiger partial charge is 0.254 e. The van der Waals surface area contributed by atoms with Crippen LogP contribution in [0.2, 0.25) is 0 Å². The van der Waals surface area contributed by atoms with Gasteiger partial charge in [-0.25, -0.2) is 8.78 Å². The third-order valence-corrected chi connectivity index (χ3v) is 6.39. The predicted molar refractivity (Wildman–Crippen MR) is 93.8 cm³/mol. The van der Waals surface area contributed by atoms with Crippen LogP contribution in [0.4, 0.5) is 8.78 Å². The van der Waals surface area contributed by atoms with Crippen molar-refractivity contribution in [3.63, 3.8) is 0 Å². The Bertz CT molecular complexity index is 767. The quantitative estimate of drug-likeness (QED) is 0.829. The largest absolute Gasteiger partial charge is 0.388 e. The van der Waals surface area contributed by atoms with Crippen LogP contribution in [0.15, 0.2) is 30.3 Å². The maximum Gasteiger partial charge on any atom is 0.254 e. The number of carbonyl (C=O) groups excluding carboxylic acids is 1. The average Bonchev–Trinajstić information content (AvgIpc) is 3.23. The van der Waals surface area contributed by atoms with Crippen molar-refractivity contribution >= 4 is 17.2 Å². The van der Waals surface area contributed by atoms with Crippen molar-refractivity contribution in [1.29, 1.82) is 0 Å². The van der Waals surface area contributed by atoms with E-state index in [0.717, 1.165) is 47.6 Å². The minimum atomic E-state index is -0.856. The Morgan fingerprint density at radius 2 is 2.00 bits per heavy atom. The van der Waals surface area contributed by atoms with E-state index in [1.165, 1.54) is 0 Å². The lowest BCUT2D eigenvalue weighted by atomic mass is 9.84. The fourth-order valence-electron chi connectivity index (χ4n) is 3.44. The number of hydrogen-bond acceptors (Lipinski definition) is 3. The number of amides is 1. The van der Waals surface area contributed by atoms with Gasteiger partial charge in [0, 0.05) is 27.8 Å². The van der Waals surface area contributed by atoms with E-state index >= 15 is 0 Å². The molecule has 1 aromatic carbocycles. The molecule has 1 aliphatic carbocycles. The van der Waals surface area contributed by atoms with E-state index in [4.69, 9.17) is 0 Å². The van der Waals surface area contributed by atoms with E-state index < -0.39 is 23.6 Å². The topological polar surface area (TPSA) is 49.3 Å². The third-order valence-electron chi connectivity index (χ3n) is 4.88. The van der Waals surface area contributed by atoms with Gasteiger partial charge in [-0.05, 0) is 44.0 Å². The molecule has 1 saturated carbocycles. The van der Waals surface area contributed by atoms with Crippen molar-refractivity contribution in [2.24, 2.45) is 0 Å². The molecule has 0 radical (unpaired) electrons. The Kier molecular flexibility index (Phi) is 5.20. The first-order valence-corrected chi connectivity index (χ1v) is 9.24. The Morgan fingerprint density at radius 1 is 1.28 bits per heavy atom. The molecule has 0 saturated heterocycles. The Hall–Kier alpha value is -1.79.